The molecular formula is C8H8N4O3. The van der Waals surface area contributed by atoms with Gasteiger partial charge in [0.25, 0.3) is 0 Å². The summed E-state index contributed by atoms with van der Waals surface area (Å²) in [6.07, 6.45) is 0. The molecule has 2 rings (SSSR count). The summed E-state index contributed by atoms with van der Waals surface area (Å²) in [5.74, 6) is 0.478. The third-order valence-electron chi connectivity index (χ3n) is 1.78. The molecule has 0 aliphatic heterocycles. The Morgan fingerprint density at radius 3 is 3.00 bits per heavy atom. The van der Waals surface area contributed by atoms with Crippen LogP contribution in [0.2, 0.25) is 0 Å². The van der Waals surface area contributed by atoms with Gasteiger partial charge in [0.1, 0.15) is 12.3 Å². The molecule has 0 aliphatic rings. The van der Waals surface area contributed by atoms with E-state index in [0.717, 1.165) is 5.76 Å². The molecule has 0 atom stereocenters. The van der Waals surface area contributed by atoms with Crippen LogP contribution >= 0.6 is 0 Å². The molecule has 0 aliphatic carbocycles. The molecule has 7 nitrogen and oxygen atoms in total. The molecule has 15 heavy (non-hydrogen) atoms. The maximum atomic E-state index is 10.5. The van der Waals surface area contributed by atoms with E-state index in [-0.39, 0.29) is 6.54 Å². The lowest BCUT2D eigenvalue weighted by Gasteiger charge is -1.97. The number of carbonyl (C=O) groups is 1. The second-order valence-electron chi connectivity index (χ2n) is 2.96. The molecule has 0 unspecified atom stereocenters. The van der Waals surface area contributed by atoms with Gasteiger partial charge in [-0.15, -0.1) is 5.10 Å². The second-order valence-corrected chi connectivity index (χ2v) is 2.96. The van der Waals surface area contributed by atoms with E-state index in [0.29, 0.717) is 11.6 Å². The maximum absolute atomic E-state index is 10.5. The van der Waals surface area contributed by atoms with Crippen LogP contribution in [0.25, 0.3) is 11.6 Å². The predicted octanol–water partition coefficient (Wildman–Crippen LogP) is 0.326. The zero-order valence-electron chi connectivity index (χ0n) is 7.91. The number of aryl methyl sites for hydroxylation is 1. The average molecular weight is 208 g/mol. The van der Waals surface area contributed by atoms with Gasteiger partial charge in [-0.1, -0.05) is 0 Å². The van der Waals surface area contributed by atoms with Crippen molar-refractivity contribution in [1.82, 2.24) is 20.2 Å². The number of tetrazole rings is 1. The van der Waals surface area contributed by atoms with Gasteiger partial charge in [-0.2, -0.15) is 0 Å². The Labute approximate surface area is 84.3 Å². The molecule has 0 saturated carbocycles. The molecule has 78 valence electrons. The number of hydrogen-bond donors (Lipinski definition) is 1. The zero-order chi connectivity index (χ0) is 10.8. The summed E-state index contributed by atoms with van der Waals surface area (Å²) in [5, 5.41) is 19.3. The van der Waals surface area contributed by atoms with Crippen LogP contribution < -0.4 is 0 Å². The molecule has 0 radical (unpaired) electrons. The minimum absolute atomic E-state index is 0.290. The van der Waals surface area contributed by atoms with Crippen LogP contribution in [0, 0.1) is 6.92 Å². The molecule has 0 fully saturated rings. The SMILES string of the molecule is Cc1ccc(-c2nnnn2CC(=O)O)o1. The fraction of sp³-hybridized carbons (Fsp3) is 0.250. The van der Waals surface area contributed by atoms with Crippen LogP contribution in [0.4, 0.5) is 0 Å². The van der Waals surface area contributed by atoms with Crippen LogP contribution in [0.5, 0.6) is 0 Å². The van der Waals surface area contributed by atoms with Crippen molar-refractivity contribution in [2.24, 2.45) is 0 Å². The Balaban J connectivity index is 2.36. The Morgan fingerprint density at radius 1 is 1.60 bits per heavy atom. The number of aliphatic carboxylic acids is 1. The van der Waals surface area contributed by atoms with Crippen molar-refractivity contribution in [3.05, 3.63) is 17.9 Å². The van der Waals surface area contributed by atoms with E-state index in [1.165, 1.54) is 4.68 Å². The Morgan fingerprint density at radius 2 is 2.40 bits per heavy atom. The number of hydrogen-bond acceptors (Lipinski definition) is 5. The molecule has 0 amide bonds. The second kappa shape index (κ2) is 3.52. The van der Waals surface area contributed by atoms with E-state index in [1.54, 1.807) is 19.1 Å². The summed E-state index contributed by atoms with van der Waals surface area (Å²) in [6, 6.07) is 3.45. The summed E-state index contributed by atoms with van der Waals surface area (Å²) >= 11 is 0. The van der Waals surface area contributed by atoms with E-state index in [2.05, 4.69) is 15.5 Å². The van der Waals surface area contributed by atoms with Gasteiger partial charge in [-0.05, 0) is 29.5 Å². The summed E-state index contributed by atoms with van der Waals surface area (Å²) in [6.45, 7) is 1.50. The average Bonchev–Trinajstić information content (AvgIpc) is 2.72. The molecule has 0 aromatic carbocycles. The lowest BCUT2D eigenvalue weighted by Crippen LogP contribution is -2.11. The lowest BCUT2D eigenvalue weighted by molar-refractivity contribution is -0.137. The Hall–Kier alpha value is -2.18. The smallest absolute Gasteiger partial charge is 0.325 e. The maximum Gasteiger partial charge on any atom is 0.325 e. The first-order chi connectivity index (χ1) is 7.16. The predicted molar refractivity (Wildman–Crippen MR) is 47.9 cm³/mol. The number of furan rings is 1. The summed E-state index contributed by atoms with van der Waals surface area (Å²) in [7, 11) is 0. The van der Waals surface area contributed by atoms with E-state index >= 15 is 0 Å². The van der Waals surface area contributed by atoms with Crippen LogP contribution in [0.1, 0.15) is 5.76 Å². The quantitative estimate of drug-likeness (QED) is 0.780. The first-order valence-corrected chi connectivity index (χ1v) is 4.21. The van der Waals surface area contributed by atoms with E-state index < -0.39 is 5.97 Å². The molecule has 1 N–H and O–H groups in total. The standard InChI is InChI=1S/C8H8N4O3/c1-5-2-3-6(15-5)8-9-10-11-12(8)4-7(13)14/h2-3H,4H2,1H3,(H,13,14). The monoisotopic (exact) mass is 208 g/mol. The number of aromatic nitrogens is 4. The molecule has 7 heteroatoms. The molecule has 0 spiro atoms. The molecule has 0 bridgehead atoms. The minimum Gasteiger partial charge on any atom is -0.480 e. The van der Waals surface area contributed by atoms with Gasteiger partial charge in [0.05, 0.1) is 0 Å². The van der Waals surface area contributed by atoms with Crippen molar-refractivity contribution in [3.63, 3.8) is 0 Å². The van der Waals surface area contributed by atoms with Crippen molar-refractivity contribution in [1.29, 1.82) is 0 Å². The number of carboxylic acid groups (broad SMARTS) is 1. The molecular weight excluding hydrogens is 200 g/mol. The lowest BCUT2D eigenvalue weighted by atomic mass is 10.4. The van der Waals surface area contributed by atoms with Gasteiger partial charge in [0, 0.05) is 0 Å². The van der Waals surface area contributed by atoms with Crippen molar-refractivity contribution < 1.29 is 14.3 Å². The highest BCUT2D eigenvalue weighted by atomic mass is 16.4. The van der Waals surface area contributed by atoms with Gasteiger partial charge >= 0.3 is 5.97 Å². The van der Waals surface area contributed by atoms with Gasteiger partial charge < -0.3 is 9.52 Å². The van der Waals surface area contributed by atoms with Crippen LogP contribution in [0.15, 0.2) is 16.5 Å². The Kier molecular flexibility index (Phi) is 2.20. The molecule has 2 heterocycles. The fourth-order valence-corrected chi connectivity index (χ4v) is 1.17. The molecule has 2 aromatic heterocycles. The van der Waals surface area contributed by atoms with Gasteiger partial charge in [-0.3, -0.25) is 4.79 Å². The van der Waals surface area contributed by atoms with Crippen LogP contribution in [-0.4, -0.2) is 31.3 Å². The summed E-state index contributed by atoms with van der Waals surface area (Å²) in [5.41, 5.74) is 0. The summed E-state index contributed by atoms with van der Waals surface area (Å²) in [4.78, 5) is 10.5. The minimum atomic E-state index is -1.01. The van der Waals surface area contributed by atoms with Crippen molar-refractivity contribution in [2.75, 3.05) is 0 Å². The highest BCUT2D eigenvalue weighted by Gasteiger charge is 2.14. The van der Waals surface area contributed by atoms with Crippen molar-refractivity contribution >= 4 is 5.97 Å². The van der Waals surface area contributed by atoms with Gasteiger partial charge in [-0.25, -0.2) is 4.68 Å². The molecule has 0 saturated heterocycles. The Bertz CT molecular complexity index is 488. The third-order valence-corrected chi connectivity index (χ3v) is 1.78. The number of carboxylic acids is 1. The van der Waals surface area contributed by atoms with Gasteiger partial charge in [0.15, 0.2) is 5.76 Å². The van der Waals surface area contributed by atoms with Crippen molar-refractivity contribution in [3.8, 4) is 11.6 Å². The highest BCUT2D eigenvalue weighted by Crippen LogP contribution is 2.18. The van der Waals surface area contributed by atoms with Crippen LogP contribution in [0.3, 0.4) is 0 Å². The van der Waals surface area contributed by atoms with E-state index in [4.69, 9.17) is 9.52 Å². The van der Waals surface area contributed by atoms with E-state index in [1.807, 2.05) is 0 Å². The highest BCUT2D eigenvalue weighted by molar-refractivity contribution is 5.67. The van der Waals surface area contributed by atoms with Gasteiger partial charge in [0.2, 0.25) is 5.82 Å². The fourth-order valence-electron chi connectivity index (χ4n) is 1.17. The first kappa shape index (κ1) is 9.38. The topological polar surface area (TPSA) is 94.0 Å². The van der Waals surface area contributed by atoms with Crippen LogP contribution in [-0.2, 0) is 11.3 Å². The summed E-state index contributed by atoms with van der Waals surface area (Å²) < 4.78 is 6.46. The third kappa shape index (κ3) is 1.85. The zero-order valence-corrected chi connectivity index (χ0v) is 7.91. The number of rotatable bonds is 3. The number of nitrogens with zero attached hydrogens (tertiary/aromatic N) is 4. The normalized spacial score (nSPS) is 10.5. The first-order valence-electron chi connectivity index (χ1n) is 4.21. The molecule has 2 aromatic rings. The largest absolute Gasteiger partial charge is 0.480 e. The van der Waals surface area contributed by atoms with E-state index in [9.17, 15) is 4.79 Å². The van der Waals surface area contributed by atoms with Crippen molar-refractivity contribution in [2.45, 2.75) is 13.5 Å².